The van der Waals surface area contributed by atoms with Crippen molar-refractivity contribution in [1.82, 2.24) is 0 Å². The molecule has 1 aromatic carbocycles. The van der Waals surface area contributed by atoms with Gasteiger partial charge in [0.1, 0.15) is 5.75 Å². The van der Waals surface area contributed by atoms with Gasteiger partial charge in [-0.2, -0.15) is 0 Å². The van der Waals surface area contributed by atoms with Gasteiger partial charge in [-0.15, -0.1) is 0 Å². The van der Waals surface area contributed by atoms with E-state index in [-0.39, 0.29) is 11.7 Å². The van der Waals surface area contributed by atoms with Gasteiger partial charge in [0.15, 0.2) is 0 Å². The minimum atomic E-state index is 0.0931. The number of carbonyl (C=O) groups is 1. The van der Waals surface area contributed by atoms with E-state index in [4.69, 9.17) is 0 Å². The summed E-state index contributed by atoms with van der Waals surface area (Å²) in [5.41, 5.74) is 1.77. The van der Waals surface area contributed by atoms with Crippen LogP contribution in [0.4, 0.5) is 5.69 Å². The van der Waals surface area contributed by atoms with E-state index in [0.29, 0.717) is 6.42 Å². The molecule has 1 N–H and O–H groups in total. The molecule has 0 aliphatic carbocycles. The number of hydrogen-bond donors (Lipinski definition) is 1. The predicted molar refractivity (Wildman–Crippen MR) is 65.8 cm³/mol. The van der Waals surface area contributed by atoms with Crippen LogP contribution in [0.2, 0.25) is 0 Å². The van der Waals surface area contributed by atoms with Gasteiger partial charge in [0.25, 0.3) is 0 Å². The summed E-state index contributed by atoms with van der Waals surface area (Å²) in [6.07, 6.45) is 2.47. The molecule has 0 unspecified atom stereocenters. The zero-order valence-corrected chi connectivity index (χ0v) is 10.2. The summed E-state index contributed by atoms with van der Waals surface area (Å²) in [6.45, 7) is 3.99. The van der Waals surface area contributed by atoms with Crippen LogP contribution >= 0.6 is 0 Å². The molecule has 0 bridgehead atoms. The van der Waals surface area contributed by atoms with Gasteiger partial charge in [-0.25, -0.2) is 0 Å². The second kappa shape index (κ2) is 5.54. The number of anilines is 1. The summed E-state index contributed by atoms with van der Waals surface area (Å²) in [6, 6.07) is 5.07. The second-order valence-electron chi connectivity index (χ2n) is 4.03. The molecule has 0 heterocycles. The molecule has 0 fully saturated rings. The van der Waals surface area contributed by atoms with Crippen molar-refractivity contribution < 1.29 is 9.90 Å². The number of rotatable bonds is 4. The van der Waals surface area contributed by atoms with Crippen molar-refractivity contribution in [2.75, 3.05) is 11.9 Å². The minimum absolute atomic E-state index is 0.0931. The molecule has 0 saturated heterocycles. The number of nitrogens with zero attached hydrogens (tertiary/aromatic N) is 1. The van der Waals surface area contributed by atoms with E-state index in [9.17, 15) is 9.90 Å². The first-order chi connectivity index (χ1) is 7.56. The fraction of sp³-hybridized carbons (Fsp3) is 0.462. The lowest BCUT2D eigenvalue weighted by Crippen LogP contribution is -2.26. The molecule has 1 rings (SSSR count). The van der Waals surface area contributed by atoms with Crippen LogP contribution < -0.4 is 4.90 Å². The zero-order valence-electron chi connectivity index (χ0n) is 10.2. The Morgan fingerprint density at radius 1 is 1.44 bits per heavy atom. The number of benzene rings is 1. The number of unbranched alkanes of at least 4 members (excludes halogenated alkanes) is 1. The van der Waals surface area contributed by atoms with Crippen molar-refractivity contribution in [3.8, 4) is 5.75 Å². The van der Waals surface area contributed by atoms with Crippen LogP contribution in [0.25, 0.3) is 0 Å². The second-order valence-corrected chi connectivity index (χ2v) is 4.03. The third kappa shape index (κ3) is 2.99. The lowest BCUT2D eigenvalue weighted by molar-refractivity contribution is -0.118. The van der Waals surface area contributed by atoms with Crippen LogP contribution in [-0.2, 0) is 4.79 Å². The maximum atomic E-state index is 11.8. The molecule has 1 amide bonds. The molecule has 0 saturated carbocycles. The van der Waals surface area contributed by atoms with Crippen molar-refractivity contribution in [2.45, 2.75) is 33.1 Å². The normalized spacial score (nSPS) is 10.2. The van der Waals surface area contributed by atoms with E-state index < -0.39 is 0 Å². The molecular weight excluding hydrogens is 202 g/mol. The molecule has 1 aromatic rings. The summed E-state index contributed by atoms with van der Waals surface area (Å²) in [5, 5.41) is 9.41. The van der Waals surface area contributed by atoms with Crippen molar-refractivity contribution in [3.05, 3.63) is 23.8 Å². The fourth-order valence-corrected chi connectivity index (χ4v) is 1.59. The Balaban J connectivity index is 2.82. The lowest BCUT2D eigenvalue weighted by Gasteiger charge is -2.19. The summed E-state index contributed by atoms with van der Waals surface area (Å²) < 4.78 is 0. The predicted octanol–water partition coefficient (Wildman–Crippen LogP) is 2.85. The zero-order chi connectivity index (χ0) is 12.1. The summed E-state index contributed by atoms with van der Waals surface area (Å²) in [4.78, 5) is 13.4. The largest absolute Gasteiger partial charge is 0.508 e. The van der Waals surface area contributed by atoms with Crippen molar-refractivity contribution in [3.63, 3.8) is 0 Å². The number of amides is 1. The van der Waals surface area contributed by atoms with Gasteiger partial charge in [-0.3, -0.25) is 4.79 Å². The number of aromatic hydroxyl groups is 1. The molecule has 3 nitrogen and oxygen atoms in total. The first kappa shape index (κ1) is 12.6. The van der Waals surface area contributed by atoms with Crippen LogP contribution in [0, 0.1) is 6.92 Å². The Kier molecular flexibility index (Phi) is 4.35. The smallest absolute Gasteiger partial charge is 0.226 e. The van der Waals surface area contributed by atoms with E-state index >= 15 is 0 Å². The van der Waals surface area contributed by atoms with E-state index in [0.717, 1.165) is 24.1 Å². The van der Waals surface area contributed by atoms with Gasteiger partial charge in [0.2, 0.25) is 5.91 Å². The third-order valence-corrected chi connectivity index (χ3v) is 2.67. The highest BCUT2D eigenvalue weighted by Crippen LogP contribution is 2.24. The Hall–Kier alpha value is -1.51. The molecule has 88 valence electrons. The molecule has 0 radical (unpaired) electrons. The average molecular weight is 221 g/mol. The monoisotopic (exact) mass is 221 g/mol. The fourth-order valence-electron chi connectivity index (χ4n) is 1.59. The van der Waals surface area contributed by atoms with Gasteiger partial charge in [0, 0.05) is 25.2 Å². The summed E-state index contributed by atoms with van der Waals surface area (Å²) in [5.74, 6) is 0.284. The molecule has 0 atom stereocenters. The Labute approximate surface area is 96.7 Å². The number of phenolic OH excluding ortho intramolecular Hbond substituents is 1. The van der Waals surface area contributed by atoms with E-state index in [1.54, 1.807) is 24.1 Å². The Morgan fingerprint density at radius 3 is 2.75 bits per heavy atom. The van der Waals surface area contributed by atoms with Crippen LogP contribution in [-0.4, -0.2) is 18.1 Å². The van der Waals surface area contributed by atoms with Crippen molar-refractivity contribution in [2.24, 2.45) is 0 Å². The van der Waals surface area contributed by atoms with Gasteiger partial charge in [-0.1, -0.05) is 19.4 Å². The number of phenols is 1. The Bertz CT molecular complexity index is 374. The average Bonchev–Trinajstić information content (AvgIpc) is 2.28. The SMILES string of the molecule is CCCCC(=O)N(C)c1cc(O)ccc1C. The molecule has 16 heavy (non-hydrogen) atoms. The third-order valence-electron chi connectivity index (χ3n) is 2.67. The van der Waals surface area contributed by atoms with Crippen LogP contribution in [0.3, 0.4) is 0 Å². The number of aryl methyl sites for hydroxylation is 1. The standard InChI is InChI=1S/C13H19NO2/c1-4-5-6-13(16)14(3)12-9-11(15)8-7-10(12)2/h7-9,15H,4-6H2,1-3H3. The van der Waals surface area contributed by atoms with Gasteiger partial charge in [0.05, 0.1) is 0 Å². The van der Waals surface area contributed by atoms with E-state index in [1.165, 1.54) is 0 Å². The number of hydrogen-bond acceptors (Lipinski definition) is 2. The van der Waals surface area contributed by atoms with E-state index in [2.05, 4.69) is 6.92 Å². The van der Waals surface area contributed by atoms with Crippen LogP contribution in [0.1, 0.15) is 31.7 Å². The van der Waals surface area contributed by atoms with Gasteiger partial charge < -0.3 is 10.0 Å². The maximum Gasteiger partial charge on any atom is 0.226 e. The molecule has 0 spiro atoms. The molecular formula is C13H19NO2. The first-order valence-electron chi connectivity index (χ1n) is 5.62. The summed E-state index contributed by atoms with van der Waals surface area (Å²) >= 11 is 0. The topological polar surface area (TPSA) is 40.5 Å². The quantitative estimate of drug-likeness (QED) is 0.849. The minimum Gasteiger partial charge on any atom is -0.508 e. The van der Waals surface area contributed by atoms with Crippen LogP contribution in [0.5, 0.6) is 5.75 Å². The molecule has 0 aromatic heterocycles. The molecule has 3 heteroatoms. The Morgan fingerprint density at radius 2 is 2.12 bits per heavy atom. The van der Waals surface area contributed by atoms with Crippen molar-refractivity contribution in [1.29, 1.82) is 0 Å². The van der Waals surface area contributed by atoms with Crippen LogP contribution in [0.15, 0.2) is 18.2 Å². The van der Waals surface area contributed by atoms with Crippen molar-refractivity contribution >= 4 is 11.6 Å². The molecule has 0 aliphatic rings. The first-order valence-corrected chi connectivity index (χ1v) is 5.62. The van der Waals surface area contributed by atoms with Gasteiger partial charge >= 0.3 is 0 Å². The highest BCUT2D eigenvalue weighted by Gasteiger charge is 2.12. The summed E-state index contributed by atoms with van der Waals surface area (Å²) in [7, 11) is 1.75. The van der Waals surface area contributed by atoms with E-state index in [1.807, 2.05) is 13.0 Å². The highest BCUT2D eigenvalue weighted by atomic mass is 16.3. The van der Waals surface area contributed by atoms with Gasteiger partial charge in [-0.05, 0) is 25.0 Å². The number of carbonyl (C=O) groups excluding carboxylic acids is 1. The highest BCUT2D eigenvalue weighted by molar-refractivity contribution is 5.93. The molecule has 0 aliphatic heterocycles. The maximum absolute atomic E-state index is 11.8. The lowest BCUT2D eigenvalue weighted by atomic mass is 10.1.